The van der Waals surface area contributed by atoms with Gasteiger partial charge in [0, 0.05) is 12.0 Å². The summed E-state index contributed by atoms with van der Waals surface area (Å²) in [5.41, 5.74) is 7.25. The summed E-state index contributed by atoms with van der Waals surface area (Å²) in [6, 6.07) is 6.59. The van der Waals surface area contributed by atoms with Crippen LogP contribution in [0.3, 0.4) is 0 Å². The van der Waals surface area contributed by atoms with E-state index >= 15 is 0 Å². The fourth-order valence-electron chi connectivity index (χ4n) is 2.11. The molecule has 0 heterocycles. The highest BCUT2D eigenvalue weighted by Crippen LogP contribution is 2.15. The number of unbranched alkanes of at least 4 members (excludes halogenated alkanes) is 2. The molecule has 0 fully saturated rings. The van der Waals surface area contributed by atoms with Crippen LogP contribution >= 0.6 is 0 Å². The average Bonchev–Trinajstić information content (AvgIpc) is 2.47. The monoisotopic (exact) mass is 277 g/mol. The fraction of sp³-hybridized carbons (Fsp3) is 0.500. The van der Waals surface area contributed by atoms with Gasteiger partial charge in [-0.2, -0.15) is 0 Å². The van der Waals surface area contributed by atoms with E-state index in [-0.39, 0.29) is 5.78 Å². The Kier molecular flexibility index (Phi) is 6.94. The number of esters is 1. The van der Waals surface area contributed by atoms with Gasteiger partial charge in [-0.05, 0) is 18.4 Å². The maximum atomic E-state index is 12.2. The van der Waals surface area contributed by atoms with Crippen molar-refractivity contribution in [3.8, 4) is 0 Å². The first-order valence-electron chi connectivity index (χ1n) is 7.04. The fourth-order valence-corrected chi connectivity index (χ4v) is 2.11. The summed E-state index contributed by atoms with van der Waals surface area (Å²) in [6.07, 6.45) is 3.89. The first-order chi connectivity index (χ1) is 9.60. The molecule has 0 aliphatic rings. The molecule has 1 aromatic rings. The van der Waals surface area contributed by atoms with Gasteiger partial charge in [-0.3, -0.25) is 9.59 Å². The van der Waals surface area contributed by atoms with Gasteiger partial charge in [0.2, 0.25) is 0 Å². The molecule has 4 nitrogen and oxygen atoms in total. The van der Waals surface area contributed by atoms with E-state index < -0.39 is 12.0 Å². The van der Waals surface area contributed by atoms with Gasteiger partial charge in [-0.25, -0.2) is 0 Å². The van der Waals surface area contributed by atoms with Crippen LogP contribution in [0.5, 0.6) is 0 Å². The Labute approximate surface area is 120 Å². The van der Waals surface area contributed by atoms with E-state index in [1.54, 1.807) is 6.07 Å². The number of hydrogen-bond acceptors (Lipinski definition) is 4. The van der Waals surface area contributed by atoms with E-state index in [0.717, 1.165) is 24.8 Å². The Hall–Kier alpha value is -1.68. The molecular formula is C16H23NO3. The third-order valence-electron chi connectivity index (χ3n) is 3.27. The molecule has 4 heteroatoms. The summed E-state index contributed by atoms with van der Waals surface area (Å²) < 4.78 is 4.62. The molecule has 0 spiro atoms. The van der Waals surface area contributed by atoms with Crippen molar-refractivity contribution in [2.45, 2.75) is 45.1 Å². The Morgan fingerprint density at radius 1 is 1.25 bits per heavy atom. The minimum Gasteiger partial charge on any atom is -0.468 e. The second-order valence-corrected chi connectivity index (χ2v) is 4.87. The zero-order chi connectivity index (χ0) is 15.0. The Morgan fingerprint density at radius 2 is 1.95 bits per heavy atom. The molecule has 2 N–H and O–H groups in total. The van der Waals surface area contributed by atoms with E-state index in [0.29, 0.717) is 18.4 Å². The number of benzene rings is 1. The summed E-state index contributed by atoms with van der Waals surface area (Å²) in [6.45, 7) is 2.10. The summed E-state index contributed by atoms with van der Waals surface area (Å²) in [5.74, 6) is -0.343. The van der Waals surface area contributed by atoms with Gasteiger partial charge in [-0.15, -0.1) is 0 Å². The van der Waals surface area contributed by atoms with Crippen molar-refractivity contribution in [2.24, 2.45) is 5.73 Å². The van der Waals surface area contributed by atoms with Crippen LogP contribution in [-0.4, -0.2) is 24.9 Å². The molecule has 0 bridgehead atoms. The lowest BCUT2D eigenvalue weighted by atomic mass is 9.95. The van der Waals surface area contributed by atoms with Gasteiger partial charge < -0.3 is 10.5 Å². The number of hydrogen-bond donors (Lipinski definition) is 1. The molecule has 0 aromatic heterocycles. The Morgan fingerprint density at radius 3 is 2.60 bits per heavy atom. The van der Waals surface area contributed by atoms with Crippen LogP contribution in [0.2, 0.25) is 0 Å². The van der Waals surface area contributed by atoms with Crippen LogP contribution in [0.15, 0.2) is 24.3 Å². The largest absolute Gasteiger partial charge is 0.468 e. The van der Waals surface area contributed by atoms with Crippen LogP contribution in [0, 0.1) is 0 Å². The van der Waals surface area contributed by atoms with Crippen molar-refractivity contribution in [1.82, 2.24) is 0 Å². The number of carbonyl (C=O) groups excluding carboxylic acids is 2. The van der Waals surface area contributed by atoms with E-state index in [4.69, 9.17) is 5.73 Å². The van der Waals surface area contributed by atoms with Crippen molar-refractivity contribution in [1.29, 1.82) is 0 Å². The number of Topliss-reactive ketones (excluding diaryl/α,β-unsaturated/α-hetero) is 1. The van der Waals surface area contributed by atoms with E-state index in [1.807, 2.05) is 18.2 Å². The molecular weight excluding hydrogens is 254 g/mol. The summed E-state index contributed by atoms with van der Waals surface area (Å²) in [4.78, 5) is 23.6. The number of ether oxygens (including phenoxy) is 1. The molecule has 0 aliphatic carbocycles. The summed E-state index contributed by atoms with van der Waals surface area (Å²) >= 11 is 0. The molecule has 0 saturated carbocycles. The third kappa shape index (κ3) is 4.78. The number of methoxy groups -OCH3 is 1. The van der Waals surface area contributed by atoms with Crippen LogP contribution < -0.4 is 5.73 Å². The number of nitrogens with two attached hydrogens (primary N) is 1. The molecule has 1 rings (SSSR count). The minimum absolute atomic E-state index is 0.117. The van der Waals surface area contributed by atoms with E-state index in [1.165, 1.54) is 7.11 Å². The van der Waals surface area contributed by atoms with Gasteiger partial charge in [0.1, 0.15) is 6.04 Å². The molecule has 0 amide bonds. The zero-order valence-electron chi connectivity index (χ0n) is 12.2. The topological polar surface area (TPSA) is 69.4 Å². The Bertz CT molecular complexity index is 457. The molecule has 110 valence electrons. The molecule has 20 heavy (non-hydrogen) atoms. The second kappa shape index (κ2) is 8.48. The predicted octanol–water partition coefficient (Wildman–Crippen LogP) is 2.49. The molecule has 0 saturated heterocycles. The van der Waals surface area contributed by atoms with Gasteiger partial charge in [0.05, 0.1) is 7.11 Å². The molecule has 0 radical (unpaired) electrons. The highest BCUT2D eigenvalue weighted by Gasteiger charge is 2.18. The number of rotatable bonds is 8. The van der Waals surface area contributed by atoms with Gasteiger partial charge in [-0.1, -0.05) is 44.0 Å². The van der Waals surface area contributed by atoms with E-state index in [2.05, 4.69) is 11.7 Å². The highest BCUT2D eigenvalue weighted by atomic mass is 16.5. The van der Waals surface area contributed by atoms with Crippen LogP contribution in [0.4, 0.5) is 0 Å². The summed E-state index contributed by atoms with van der Waals surface area (Å²) in [5, 5.41) is 0. The van der Waals surface area contributed by atoms with Crippen LogP contribution in [0.1, 0.15) is 48.5 Å². The van der Waals surface area contributed by atoms with Crippen molar-refractivity contribution in [3.63, 3.8) is 0 Å². The van der Waals surface area contributed by atoms with Crippen molar-refractivity contribution in [2.75, 3.05) is 7.11 Å². The average molecular weight is 277 g/mol. The highest BCUT2D eigenvalue weighted by molar-refractivity contribution is 5.97. The molecule has 1 aromatic carbocycles. The molecule has 0 unspecified atom stereocenters. The lowest BCUT2D eigenvalue weighted by Gasteiger charge is -2.12. The molecule has 0 aliphatic heterocycles. The zero-order valence-corrected chi connectivity index (χ0v) is 12.2. The SMILES string of the molecule is CCCCCC(=O)c1ccccc1C[C@H](N)C(=O)OC. The normalized spacial score (nSPS) is 11.9. The summed E-state index contributed by atoms with van der Waals surface area (Å²) in [7, 11) is 1.31. The van der Waals surface area contributed by atoms with Gasteiger partial charge in [0.25, 0.3) is 0 Å². The standard InChI is InChI=1S/C16H23NO3/c1-3-4-5-10-15(18)13-9-7-6-8-12(13)11-14(17)16(19)20-2/h6-9,14H,3-5,10-11,17H2,1-2H3/t14-/m0/s1. The quantitative estimate of drug-likeness (QED) is 0.450. The third-order valence-corrected chi connectivity index (χ3v) is 3.27. The second-order valence-electron chi connectivity index (χ2n) is 4.87. The van der Waals surface area contributed by atoms with Crippen LogP contribution in [0.25, 0.3) is 0 Å². The predicted molar refractivity (Wildman–Crippen MR) is 78.6 cm³/mol. The van der Waals surface area contributed by atoms with Gasteiger partial charge >= 0.3 is 5.97 Å². The lowest BCUT2D eigenvalue weighted by Crippen LogP contribution is -2.34. The number of carbonyl (C=O) groups is 2. The maximum Gasteiger partial charge on any atom is 0.322 e. The number of ketones is 1. The van der Waals surface area contributed by atoms with Crippen LogP contribution in [-0.2, 0) is 16.0 Å². The maximum absolute atomic E-state index is 12.2. The van der Waals surface area contributed by atoms with Gasteiger partial charge in [0.15, 0.2) is 5.78 Å². The van der Waals surface area contributed by atoms with Crippen molar-refractivity contribution < 1.29 is 14.3 Å². The van der Waals surface area contributed by atoms with Crippen molar-refractivity contribution >= 4 is 11.8 Å². The van der Waals surface area contributed by atoms with E-state index in [9.17, 15) is 9.59 Å². The minimum atomic E-state index is -0.732. The smallest absolute Gasteiger partial charge is 0.322 e. The lowest BCUT2D eigenvalue weighted by molar-refractivity contribution is -0.142. The molecule has 1 atom stereocenters. The van der Waals surface area contributed by atoms with Crippen molar-refractivity contribution in [3.05, 3.63) is 35.4 Å². The first-order valence-corrected chi connectivity index (χ1v) is 7.04. The first kappa shape index (κ1) is 16.4. The Balaban J connectivity index is 2.77.